The van der Waals surface area contributed by atoms with Gasteiger partial charge < -0.3 is 14.8 Å². The van der Waals surface area contributed by atoms with E-state index >= 15 is 0 Å². The van der Waals surface area contributed by atoms with Crippen LogP contribution in [-0.4, -0.2) is 23.7 Å². The van der Waals surface area contributed by atoms with Crippen LogP contribution in [0.5, 0.6) is 0 Å². The van der Waals surface area contributed by atoms with Crippen molar-refractivity contribution in [2.75, 3.05) is 0 Å². The first-order chi connectivity index (χ1) is 12.1. The Bertz CT molecular complexity index is 621. The predicted molar refractivity (Wildman–Crippen MR) is 101 cm³/mol. The fraction of sp³-hybridized carbons (Fsp3) is 0.619. The summed E-state index contributed by atoms with van der Waals surface area (Å²) in [6.07, 6.45) is 1.61. The topological polar surface area (TPSA) is 64.6 Å². The Morgan fingerprint density at radius 2 is 1.88 bits per heavy atom. The number of carbonyl (C=O) groups excluding carboxylic acids is 2. The van der Waals surface area contributed by atoms with Crippen molar-refractivity contribution in [2.24, 2.45) is 11.3 Å². The number of hydrogen-bond acceptors (Lipinski definition) is 4. The van der Waals surface area contributed by atoms with E-state index in [4.69, 9.17) is 9.47 Å². The molecule has 144 valence electrons. The van der Waals surface area contributed by atoms with Gasteiger partial charge in [0.15, 0.2) is 0 Å². The maximum Gasteiger partial charge on any atom is 0.407 e. The highest BCUT2D eigenvalue weighted by atomic mass is 16.6. The molecule has 5 nitrogen and oxygen atoms in total. The number of alkyl carbamates (subject to hydrolysis) is 1. The van der Waals surface area contributed by atoms with Gasteiger partial charge in [-0.3, -0.25) is 4.79 Å². The van der Waals surface area contributed by atoms with Crippen molar-refractivity contribution in [1.29, 1.82) is 0 Å². The maximum absolute atomic E-state index is 12.9. The van der Waals surface area contributed by atoms with Crippen LogP contribution in [0.2, 0.25) is 0 Å². The van der Waals surface area contributed by atoms with Crippen molar-refractivity contribution in [3.8, 4) is 0 Å². The summed E-state index contributed by atoms with van der Waals surface area (Å²) in [5.74, 6) is -0.0407. The number of hydrogen-bond donors (Lipinski definition) is 1. The summed E-state index contributed by atoms with van der Waals surface area (Å²) in [4.78, 5) is 24.9. The minimum Gasteiger partial charge on any atom is -0.460 e. The molecule has 26 heavy (non-hydrogen) atoms. The zero-order valence-electron chi connectivity index (χ0n) is 16.5. The molecule has 1 unspecified atom stereocenters. The molecule has 0 spiro atoms. The second kappa shape index (κ2) is 8.11. The van der Waals surface area contributed by atoms with Gasteiger partial charge >= 0.3 is 12.1 Å². The van der Waals surface area contributed by atoms with Crippen molar-refractivity contribution < 1.29 is 19.1 Å². The number of amides is 1. The van der Waals surface area contributed by atoms with Gasteiger partial charge in [0.1, 0.15) is 12.2 Å². The summed E-state index contributed by atoms with van der Waals surface area (Å²) < 4.78 is 11.0. The van der Waals surface area contributed by atoms with Crippen LogP contribution in [-0.2, 0) is 20.9 Å². The van der Waals surface area contributed by atoms with Gasteiger partial charge in [-0.2, -0.15) is 0 Å². The SMILES string of the molecule is CC(C)[C@]1(C(=O)OCc2ccccc2)CCC(NC(=O)OC(C)(C)C)C1. The van der Waals surface area contributed by atoms with E-state index < -0.39 is 17.1 Å². The van der Waals surface area contributed by atoms with Gasteiger partial charge in [0, 0.05) is 6.04 Å². The lowest BCUT2D eigenvalue weighted by atomic mass is 9.75. The third-order valence-electron chi connectivity index (χ3n) is 4.99. The summed E-state index contributed by atoms with van der Waals surface area (Å²) in [7, 11) is 0. The molecule has 0 aliphatic heterocycles. The lowest BCUT2D eigenvalue weighted by Crippen LogP contribution is -2.41. The minimum absolute atomic E-state index is 0.0727. The monoisotopic (exact) mass is 361 g/mol. The Morgan fingerprint density at radius 3 is 2.46 bits per heavy atom. The molecule has 0 bridgehead atoms. The van der Waals surface area contributed by atoms with Gasteiger partial charge in [0.05, 0.1) is 5.41 Å². The third-order valence-corrected chi connectivity index (χ3v) is 4.99. The highest BCUT2D eigenvalue weighted by Crippen LogP contribution is 2.45. The second-order valence-corrected chi connectivity index (χ2v) is 8.46. The third kappa shape index (κ3) is 5.23. The van der Waals surface area contributed by atoms with Crippen molar-refractivity contribution in [2.45, 2.75) is 72.1 Å². The Hall–Kier alpha value is -2.04. The molecule has 0 heterocycles. The molecular formula is C21H31NO4. The van der Waals surface area contributed by atoms with Crippen LogP contribution in [0.1, 0.15) is 59.4 Å². The molecule has 1 aliphatic rings. The van der Waals surface area contributed by atoms with Gasteiger partial charge in [-0.25, -0.2) is 4.79 Å². The number of rotatable bonds is 5. The molecule has 1 amide bonds. The van der Waals surface area contributed by atoms with Crippen molar-refractivity contribution in [3.63, 3.8) is 0 Å². The number of nitrogens with one attached hydrogen (secondary N) is 1. The zero-order valence-corrected chi connectivity index (χ0v) is 16.5. The number of carbonyl (C=O) groups is 2. The minimum atomic E-state index is -0.561. The molecule has 1 N–H and O–H groups in total. The number of benzene rings is 1. The Labute approximate surface area is 156 Å². The average Bonchev–Trinajstić information content (AvgIpc) is 2.97. The molecule has 1 aliphatic carbocycles. The van der Waals surface area contributed by atoms with Crippen LogP contribution in [0.25, 0.3) is 0 Å². The largest absolute Gasteiger partial charge is 0.460 e. The number of ether oxygens (including phenoxy) is 2. The Kier molecular flexibility index (Phi) is 6.32. The smallest absolute Gasteiger partial charge is 0.407 e. The summed E-state index contributed by atoms with van der Waals surface area (Å²) in [6.45, 7) is 9.86. The van der Waals surface area contributed by atoms with Gasteiger partial charge in [-0.1, -0.05) is 44.2 Å². The van der Waals surface area contributed by atoms with Crippen LogP contribution < -0.4 is 5.32 Å². The van der Waals surface area contributed by atoms with E-state index in [0.717, 1.165) is 12.0 Å². The molecule has 0 radical (unpaired) electrons. The van der Waals surface area contributed by atoms with Crippen molar-refractivity contribution in [3.05, 3.63) is 35.9 Å². The molecular weight excluding hydrogens is 330 g/mol. The van der Waals surface area contributed by atoms with Gasteiger partial charge in [0.2, 0.25) is 0 Å². The molecule has 5 heteroatoms. The second-order valence-electron chi connectivity index (χ2n) is 8.46. The van der Waals surface area contributed by atoms with E-state index in [1.54, 1.807) is 0 Å². The molecule has 0 aromatic heterocycles. The maximum atomic E-state index is 12.9. The summed E-state index contributed by atoms with van der Waals surface area (Å²) in [5.41, 5.74) is -0.123. The normalized spacial score (nSPS) is 22.9. The summed E-state index contributed by atoms with van der Waals surface area (Å²) >= 11 is 0. The average molecular weight is 361 g/mol. The Balaban J connectivity index is 1.97. The van der Waals surface area contributed by atoms with E-state index in [9.17, 15) is 9.59 Å². The van der Waals surface area contributed by atoms with E-state index in [1.165, 1.54) is 0 Å². The lowest BCUT2D eigenvalue weighted by molar-refractivity contribution is -0.160. The number of esters is 1. The first-order valence-electron chi connectivity index (χ1n) is 9.33. The first kappa shape index (κ1) is 20.3. The first-order valence-corrected chi connectivity index (χ1v) is 9.33. The molecule has 1 fully saturated rings. The highest BCUT2D eigenvalue weighted by Gasteiger charge is 2.49. The van der Waals surface area contributed by atoms with E-state index in [2.05, 4.69) is 5.32 Å². The van der Waals surface area contributed by atoms with Gasteiger partial charge in [-0.15, -0.1) is 0 Å². The quantitative estimate of drug-likeness (QED) is 0.787. The van der Waals surface area contributed by atoms with Crippen LogP contribution in [0.15, 0.2) is 30.3 Å². The zero-order chi connectivity index (χ0) is 19.4. The highest BCUT2D eigenvalue weighted by molar-refractivity contribution is 5.78. The summed E-state index contributed by atoms with van der Waals surface area (Å²) in [6, 6.07) is 9.60. The summed E-state index contributed by atoms with van der Waals surface area (Å²) in [5, 5.41) is 2.90. The van der Waals surface area contributed by atoms with Crippen molar-refractivity contribution >= 4 is 12.1 Å². The molecule has 2 atom stereocenters. The predicted octanol–water partition coefficient (Wildman–Crippen LogP) is 4.45. The van der Waals surface area contributed by atoms with E-state index in [0.29, 0.717) is 12.8 Å². The molecule has 2 rings (SSSR count). The lowest BCUT2D eigenvalue weighted by Gasteiger charge is -2.31. The van der Waals surface area contributed by atoms with Gasteiger partial charge in [0.25, 0.3) is 0 Å². The molecule has 1 aromatic rings. The van der Waals surface area contributed by atoms with Crippen molar-refractivity contribution in [1.82, 2.24) is 5.32 Å². The van der Waals surface area contributed by atoms with E-state index in [-0.39, 0.29) is 24.5 Å². The standard InChI is InChI=1S/C21H31NO4/c1-15(2)21(18(23)25-14-16-9-7-6-8-10-16)12-11-17(13-21)22-19(24)26-20(3,4)5/h6-10,15,17H,11-14H2,1-5H3,(H,22,24)/t17?,21-/m0/s1. The van der Waals surface area contributed by atoms with E-state index in [1.807, 2.05) is 65.0 Å². The molecule has 1 saturated carbocycles. The van der Waals surface area contributed by atoms with Crippen LogP contribution in [0.3, 0.4) is 0 Å². The fourth-order valence-corrected chi connectivity index (χ4v) is 3.49. The molecule has 1 aromatic carbocycles. The van der Waals surface area contributed by atoms with Crippen LogP contribution in [0.4, 0.5) is 4.79 Å². The molecule has 0 saturated heterocycles. The fourth-order valence-electron chi connectivity index (χ4n) is 3.49. The van der Waals surface area contributed by atoms with Crippen LogP contribution in [0, 0.1) is 11.3 Å². The van der Waals surface area contributed by atoms with Crippen LogP contribution >= 0.6 is 0 Å². The van der Waals surface area contributed by atoms with Gasteiger partial charge in [-0.05, 0) is 51.5 Å². The Morgan fingerprint density at radius 1 is 1.23 bits per heavy atom.